The van der Waals surface area contributed by atoms with Crippen LogP contribution in [-0.2, 0) is 4.79 Å². The van der Waals surface area contributed by atoms with Gasteiger partial charge in [0.05, 0.1) is 5.57 Å². The minimum Gasteiger partial charge on any atom is -0.507 e. The van der Waals surface area contributed by atoms with Crippen molar-refractivity contribution >= 4 is 17.3 Å². The predicted molar refractivity (Wildman–Crippen MR) is 78.5 cm³/mol. The number of Topliss-reactive ketones (excluding diaryl/α,β-unsaturated/α-hetero) is 2. The van der Waals surface area contributed by atoms with Gasteiger partial charge in [-0.3, -0.25) is 9.59 Å². The van der Waals surface area contributed by atoms with Crippen molar-refractivity contribution in [2.75, 3.05) is 0 Å². The molecule has 0 radical (unpaired) electrons. The smallest absolute Gasteiger partial charge is 0.234 e. The molecule has 3 nitrogen and oxygen atoms in total. The number of carbonyl (C=O) groups excluding carboxylic acids is 2. The number of aliphatic hydroxyl groups is 1. The van der Waals surface area contributed by atoms with Crippen molar-refractivity contribution in [1.82, 2.24) is 0 Å². The molecular weight excluding hydrogens is 252 g/mol. The van der Waals surface area contributed by atoms with Crippen LogP contribution in [0.25, 0.3) is 5.76 Å². The Morgan fingerprint density at radius 2 is 1.80 bits per heavy atom. The molecule has 3 heteroatoms. The van der Waals surface area contributed by atoms with Gasteiger partial charge in [-0.25, -0.2) is 0 Å². The van der Waals surface area contributed by atoms with Crippen LogP contribution >= 0.6 is 0 Å². The van der Waals surface area contributed by atoms with E-state index in [9.17, 15) is 14.7 Å². The molecule has 0 aliphatic heterocycles. The van der Waals surface area contributed by atoms with E-state index in [1.54, 1.807) is 24.3 Å². The molecule has 0 aromatic heterocycles. The van der Waals surface area contributed by atoms with E-state index in [0.29, 0.717) is 5.56 Å². The van der Waals surface area contributed by atoms with Crippen LogP contribution in [0.5, 0.6) is 0 Å². The zero-order valence-electron chi connectivity index (χ0n) is 11.9. The summed E-state index contributed by atoms with van der Waals surface area (Å²) in [6.45, 7) is 5.74. The Bertz CT molecular complexity index is 635. The van der Waals surface area contributed by atoms with Crippen molar-refractivity contribution < 1.29 is 14.7 Å². The number of ketones is 2. The van der Waals surface area contributed by atoms with Gasteiger partial charge in [0.1, 0.15) is 5.76 Å². The van der Waals surface area contributed by atoms with Gasteiger partial charge in [-0.1, -0.05) is 49.8 Å². The fourth-order valence-corrected chi connectivity index (χ4v) is 2.73. The number of hydrogen-bond acceptors (Lipinski definition) is 3. The monoisotopic (exact) mass is 270 g/mol. The quantitative estimate of drug-likeness (QED) is 0.673. The van der Waals surface area contributed by atoms with E-state index < -0.39 is 11.6 Å². The lowest BCUT2D eigenvalue weighted by Gasteiger charge is -2.23. The van der Waals surface area contributed by atoms with Crippen LogP contribution in [0.3, 0.4) is 0 Å². The zero-order chi connectivity index (χ0) is 14.9. The number of rotatable bonds is 3. The van der Waals surface area contributed by atoms with Gasteiger partial charge in [0.25, 0.3) is 0 Å². The van der Waals surface area contributed by atoms with Gasteiger partial charge in [-0.15, -0.1) is 0 Å². The molecule has 1 atom stereocenters. The molecule has 104 valence electrons. The summed E-state index contributed by atoms with van der Waals surface area (Å²) in [6, 6.07) is 6.68. The molecular formula is C17H18O3. The van der Waals surface area contributed by atoms with E-state index in [2.05, 4.69) is 0 Å². The highest BCUT2D eigenvalue weighted by Crippen LogP contribution is 2.34. The van der Waals surface area contributed by atoms with Crippen molar-refractivity contribution in [1.29, 1.82) is 0 Å². The SMILES string of the molecule is C/C=C(\CC)[C@H](C)C1=C(O)c2ccccc2C(=O)C1=O. The molecule has 1 aromatic carbocycles. The first-order valence-electron chi connectivity index (χ1n) is 6.79. The van der Waals surface area contributed by atoms with Crippen molar-refractivity contribution in [3.05, 3.63) is 52.6 Å². The van der Waals surface area contributed by atoms with E-state index in [1.165, 1.54) is 0 Å². The molecule has 0 bridgehead atoms. The molecule has 1 aliphatic carbocycles. The third-order valence-electron chi connectivity index (χ3n) is 3.90. The average Bonchev–Trinajstić information content (AvgIpc) is 2.46. The van der Waals surface area contributed by atoms with Gasteiger partial charge in [0, 0.05) is 17.0 Å². The van der Waals surface area contributed by atoms with Crippen LogP contribution in [0.15, 0.2) is 41.5 Å². The highest BCUT2D eigenvalue weighted by Gasteiger charge is 2.35. The Hall–Kier alpha value is -2.16. The van der Waals surface area contributed by atoms with Crippen molar-refractivity contribution in [3.8, 4) is 0 Å². The van der Waals surface area contributed by atoms with Gasteiger partial charge < -0.3 is 5.11 Å². The summed E-state index contributed by atoms with van der Waals surface area (Å²) in [4.78, 5) is 24.4. The topological polar surface area (TPSA) is 54.4 Å². The zero-order valence-corrected chi connectivity index (χ0v) is 11.9. The standard InChI is InChI=1S/C17H18O3/c1-4-11(5-2)10(3)14-15(18)12-8-6-7-9-13(12)16(19)17(14)20/h4,6-10,18H,5H2,1-3H3/b11-4+/t10-/m0/s1. The fourth-order valence-electron chi connectivity index (χ4n) is 2.73. The minimum absolute atomic E-state index is 0.0644. The normalized spacial score (nSPS) is 17.2. The molecule has 0 saturated carbocycles. The predicted octanol–water partition coefficient (Wildman–Crippen LogP) is 3.71. The van der Waals surface area contributed by atoms with E-state index in [-0.39, 0.29) is 22.8 Å². The summed E-state index contributed by atoms with van der Waals surface area (Å²) in [7, 11) is 0. The molecule has 0 fully saturated rings. The number of aliphatic hydroxyl groups excluding tert-OH is 1. The lowest BCUT2D eigenvalue weighted by Crippen LogP contribution is -2.27. The Labute approximate surface area is 118 Å². The Balaban J connectivity index is 2.63. The summed E-state index contributed by atoms with van der Waals surface area (Å²) in [5, 5.41) is 10.4. The number of benzene rings is 1. The van der Waals surface area contributed by atoms with Gasteiger partial charge in [0.2, 0.25) is 11.6 Å². The maximum absolute atomic E-state index is 12.3. The van der Waals surface area contributed by atoms with Gasteiger partial charge >= 0.3 is 0 Å². The third-order valence-corrected chi connectivity index (χ3v) is 3.90. The lowest BCUT2D eigenvalue weighted by atomic mass is 9.79. The van der Waals surface area contributed by atoms with E-state index in [0.717, 1.165) is 12.0 Å². The van der Waals surface area contributed by atoms with Crippen LogP contribution in [0.2, 0.25) is 0 Å². The molecule has 20 heavy (non-hydrogen) atoms. The highest BCUT2D eigenvalue weighted by molar-refractivity contribution is 6.52. The Morgan fingerprint density at radius 3 is 2.35 bits per heavy atom. The third kappa shape index (κ3) is 2.09. The van der Waals surface area contributed by atoms with Gasteiger partial charge in [-0.2, -0.15) is 0 Å². The van der Waals surface area contributed by atoms with Crippen LogP contribution in [-0.4, -0.2) is 16.7 Å². The second-order valence-corrected chi connectivity index (χ2v) is 4.90. The summed E-state index contributed by atoms with van der Waals surface area (Å²) in [6.07, 6.45) is 2.71. The van der Waals surface area contributed by atoms with Gasteiger partial charge in [0.15, 0.2) is 0 Å². The van der Waals surface area contributed by atoms with Crippen LogP contribution in [0.1, 0.15) is 43.1 Å². The second-order valence-electron chi connectivity index (χ2n) is 4.90. The summed E-state index contributed by atoms with van der Waals surface area (Å²) in [5.74, 6) is -1.45. The van der Waals surface area contributed by atoms with E-state index >= 15 is 0 Å². The van der Waals surface area contributed by atoms with E-state index in [1.807, 2.05) is 26.8 Å². The Morgan fingerprint density at radius 1 is 1.20 bits per heavy atom. The summed E-state index contributed by atoms with van der Waals surface area (Å²) < 4.78 is 0. The molecule has 1 N–H and O–H groups in total. The molecule has 2 rings (SSSR count). The molecule has 0 saturated heterocycles. The maximum atomic E-state index is 12.3. The molecule has 0 amide bonds. The second kappa shape index (κ2) is 5.45. The molecule has 1 aromatic rings. The molecule has 0 unspecified atom stereocenters. The molecule has 1 aliphatic rings. The van der Waals surface area contributed by atoms with Crippen molar-refractivity contribution in [2.24, 2.45) is 5.92 Å². The molecule has 0 spiro atoms. The largest absolute Gasteiger partial charge is 0.507 e. The number of carbonyl (C=O) groups is 2. The fraction of sp³-hybridized carbons (Fsp3) is 0.294. The number of fused-ring (bicyclic) bond motifs is 1. The summed E-state index contributed by atoms with van der Waals surface area (Å²) in [5.41, 5.74) is 1.98. The maximum Gasteiger partial charge on any atom is 0.234 e. The van der Waals surface area contributed by atoms with E-state index in [4.69, 9.17) is 0 Å². The van der Waals surface area contributed by atoms with Crippen LogP contribution in [0.4, 0.5) is 0 Å². The van der Waals surface area contributed by atoms with Gasteiger partial charge in [-0.05, 0) is 13.3 Å². The Kier molecular flexibility index (Phi) is 3.89. The highest BCUT2D eigenvalue weighted by atomic mass is 16.3. The van der Waals surface area contributed by atoms with Crippen molar-refractivity contribution in [2.45, 2.75) is 27.2 Å². The number of allylic oxidation sites excluding steroid dienone is 3. The van der Waals surface area contributed by atoms with Crippen LogP contribution < -0.4 is 0 Å². The summed E-state index contributed by atoms with van der Waals surface area (Å²) >= 11 is 0. The lowest BCUT2D eigenvalue weighted by molar-refractivity contribution is -0.112. The first-order valence-corrected chi connectivity index (χ1v) is 6.79. The average molecular weight is 270 g/mol. The first kappa shape index (κ1) is 14.3. The minimum atomic E-state index is -0.596. The number of hydrogen-bond donors (Lipinski definition) is 1. The van der Waals surface area contributed by atoms with Crippen molar-refractivity contribution in [3.63, 3.8) is 0 Å². The molecule has 0 heterocycles. The first-order chi connectivity index (χ1) is 9.52. The van der Waals surface area contributed by atoms with Crippen LogP contribution in [0, 0.1) is 5.92 Å².